The van der Waals surface area contributed by atoms with Crippen molar-refractivity contribution in [1.82, 2.24) is 20.0 Å². The maximum atomic E-state index is 13.0. The third-order valence-electron chi connectivity index (χ3n) is 6.37. The summed E-state index contributed by atoms with van der Waals surface area (Å²) in [4.78, 5) is 18.9. The second kappa shape index (κ2) is 12.1. The summed E-state index contributed by atoms with van der Waals surface area (Å²) in [7, 11) is 0.642. The van der Waals surface area contributed by atoms with Crippen molar-refractivity contribution in [3.8, 4) is 5.75 Å². The molecule has 0 saturated carbocycles. The van der Waals surface area contributed by atoms with Crippen LogP contribution in [-0.4, -0.2) is 58.0 Å². The molecule has 3 atom stereocenters. The number of carbonyl (C=O) groups is 1. The van der Waals surface area contributed by atoms with Crippen molar-refractivity contribution in [2.24, 2.45) is 11.0 Å². The molecule has 8 nitrogen and oxygen atoms in total. The van der Waals surface area contributed by atoms with Crippen LogP contribution in [0, 0.1) is 12.8 Å². The minimum Gasteiger partial charge on any atom is -0.489 e. The van der Waals surface area contributed by atoms with Gasteiger partial charge in [-0.1, -0.05) is 11.8 Å². The lowest BCUT2D eigenvalue weighted by Gasteiger charge is -2.20. The molecule has 1 aliphatic carbocycles. The van der Waals surface area contributed by atoms with Crippen LogP contribution in [0.25, 0.3) is 0 Å². The Morgan fingerprint density at radius 1 is 1.29 bits per heavy atom. The van der Waals surface area contributed by atoms with E-state index in [0.29, 0.717) is 11.5 Å². The summed E-state index contributed by atoms with van der Waals surface area (Å²) >= 11 is 1.07. The Bertz CT molecular complexity index is 1090. The molecule has 10 heteroatoms. The summed E-state index contributed by atoms with van der Waals surface area (Å²) in [6.07, 6.45) is 7.95. The smallest absolute Gasteiger partial charge is 0.298 e. The van der Waals surface area contributed by atoms with Gasteiger partial charge in [0.2, 0.25) is 0 Å². The SMILES string of the molecule is CSC(=O)N/N=C/[C@H]1CN(C)C[C@H]1NS(=O)c1ccc(OCc2cc(C)nc3c2CCCC3)cc1. The Morgan fingerprint density at radius 2 is 2.06 bits per heavy atom. The van der Waals surface area contributed by atoms with Crippen molar-refractivity contribution < 1.29 is 13.7 Å². The first-order valence-corrected chi connectivity index (χ1v) is 14.2. The highest BCUT2D eigenvalue weighted by molar-refractivity contribution is 8.12. The van der Waals surface area contributed by atoms with E-state index in [-0.39, 0.29) is 17.2 Å². The second-order valence-corrected chi connectivity index (χ2v) is 11.1. The van der Waals surface area contributed by atoms with Crippen LogP contribution in [0.4, 0.5) is 4.79 Å². The molecular formula is C25H33N5O3S2. The number of nitrogens with zero attached hydrogens (tertiary/aromatic N) is 3. The molecule has 0 spiro atoms. The maximum Gasteiger partial charge on any atom is 0.298 e. The number of hydrazone groups is 1. The molecule has 2 aromatic rings. The van der Waals surface area contributed by atoms with Gasteiger partial charge in [-0.2, -0.15) is 5.10 Å². The molecule has 1 amide bonds. The van der Waals surface area contributed by atoms with Gasteiger partial charge in [0, 0.05) is 42.7 Å². The van der Waals surface area contributed by atoms with E-state index in [2.05, 4.69) is 26.2 Å². The van der Waals surface area contributed by atoms with E-state index < -0.39 is 11.0 Å². The van der Waals surface area contributed by atoms with Gasteiger partial charge in [-0.3, -0.25) is 9.78 Å². The summed E-state index contributed by atoms with van der Waals surface area (Å²) in [6.45, 7) is 4.07. The molecule has 1 aromatic heterocycles. The number of rotatable bonds is 8. The number of likely N-dealkylation sites (tertiary alicyclic amines) is 1. The lowest BCUT2D eigenvalue weighted by atomic mass is 9.92. The van der Waals surface area contributed by atoms with Crippen molar-refractivity contribution in [1.29, 1.82) is 0 Å². The van der Waals surface area contributed by atoms with Gasteiger partial charge in [-0.15, -0.1) is 0 Å². The van der Waals surface area contributed by atoms with E-state index in [1.54, 1.807) is 12.5 Å². The molecule has 1 aliphatic heterocycles. The topological polar surface area (TPSA) is 95.9 Å². The third kappa shape index (κ3) is 6.91. The van der Waals surface area contributed by atoms with Gasteiger partial charge < -0.3 is 9.64 Å². The number of likely N-dealkylation sites (N-methyl/N-ethyl adjacent to an activating group) is 1. The van der Waals surface area contributed by atoms with Crippen molar-refractivity contribution in [3.05, 3.63) is 52.8 Å². The molecule has 1 saturated heterocycles. The first-order valence-electron chi connectivity index (χ1n) is 11.9. The number of hydrogen-bond acceptors (Lipinski definition) is 7. The highest BCUT2D eigenvalue weighted by atomic mass is 32.2. The van der Waals surface area contributed by atoms with Crippen LogP contribution in [0.5, 0.6) is 5.75 Å². The number of hydrogen-bond donors (Lipinski definition) is 2. The molecule has 2 N–H and O–H groups in total. The summed E-state index contributed by atoms with van der Waals surface area (Å²) < 4.78 is 22.3. The number of aromatic nitrogens is 1. The largest absolute Gasteiger partial charge is 0.489 e. The zero-order chi connectivity index (χ0) is 24.8. The molecule has 0 radical (unpaired) electrons. The normalized spacial score (nSPS) is 21.1. The number of nitrogens with one attached hydrogen (secondary N) is 2. The number of carbonyl (C=O) groups excluding carboxylic acids is 1. The van der Waals surface area contributed by atoms with Gasteiger partial charge >= 0.3 is 0 Å². The third-order valence-corrected chi connectivity index (χ3v) is 8.05. The molecule has 2 aliphatic rings. The van der Waals surface area contributed by atoms with Crippen LogP contribution in [-0.2, 0) is 30.4 Å². The van der Waals surface area contributed by atoms with E-state index in [0.717, 1.165) is 49.1 Å². The van der Waals surface area contributed by atoms with Crippen LogP contribution < -0.4 is 14.9 Å². The van der Waals surface area contributed by atoms with E-state index in [1.807, 2.05) is 38.2 Å². The molecule has 0 bridgehead atoms. The molecule has 4 rings (SSSR count). The number of pyridine rings is 1. The maximum absolute atomic E-state index is 13.0. The minimum absolute atomic E-state index is 0.0344. The molecule has 1 aromatic carbocycles. The Balaban J connectivity index is 1.34. The fourth-order valence-corrected chi connectivity index (χ4v) is 5.83. The van der Waals surface area contributed by atoms with Crippen molar-refractivity contribution >= 4 is 34.2 Å². The highest BCUT2D eigenvalue weighted by Gasteiger charge is 2.31. The quantitative estimate of drug-likeness (QED) is 0.413. The predicted molar refractivity (Wildman–Crippen MR) is 141 cm³/mol. The molecule has 2 heterocycles. The zero-order valence-corrected chi connectivity index (χ0v) is 22.1. The number of amides is 1. The van der Waals surface area contributed by atoms with Crippen LogP contribution in [0.3, 0.4) is 0 Å². The lowest BCUT2D eigenvalue weighted by molar-refractivity contribution is 0.261. The van der Waals surface area contributed by atoms with Gasteiger partial charge in [0.1, 0.15) is 23.3 Å². The van der Waals surface area contributed by atoms with Gasteiger partial charge in [0.25, 0.3) is 5.24 Å². The Morgan fingerprint density at radius 3 is 2.83 bits per heavy atom. The summed E-state index contributed by atoms with van der Waals surface area (Å²) in [6, 6.07) is 9.51. The lowest BCUT2D eigenvalue weighted by Crippen LogP contribution is -2.38. The Hall–Kier alpha value is -2.27. The van der Waals surface area contributed by atoms with Crippen LogP contribution in [0.1, 0.15) is 35.4 Å². The average Bonchev–Trinajstić information content (AvgIpc) is 3.20. The Kier molecular flexibility index (Phi) is 8.94. The summed E-state index contributed by atoms with van der Waals surface area (Å²) in [5.74, 6) is 0.795. The highest BCUT2D eigenvalue weighted by Crippen LogP contribution is 2.25. The zero-order valence-electron chi connectivity index (χ0n) is 20.5. The molecule has 1 fully saturated rings. The van der Waals surface area contributed by atoms with Crippen molar-refractivity contribution in [3.63, 3.8) is 0 Å². The summed E-state index contributed by atoms with van der Waals surface area (Å²) in [5.41, 5.74) is 7.30. The summed E-state index contributed by atoms with van der Waals surface area (Å²) in [5, 5.41) is 3.84. The van der Waals surface area contributed by atoms with E-state index in [9.17, 15) is 9.00 Å². The van der Waals surface area contributed by atoms with Crippen molar-refractivity contribution in [2.45, 2.75) is 50.2 Å². The fraction of sp³-hybridized carbons (Fsp3) is 0.480. The average molecular weight is 516 g/mol. The van der Waals surface area contributed by atoms with E-state index in [4.69, 9.17) is 9.72 Å². The second-order valence-electron chi connectivity index (χ2n) is 9.07. The van der Waals surface area contributed by atoms with E-state index in [1.165, 1.54) is 29.7 Å². The van der Waals surface area contributed by atoms with Gasteiger partial charge in [0.15, 0.2) is 0 Å². The number of ether oxygens (including phenoxy) is 1. The molecule has 188 valence electrons. The van der Waals surface area contributed by atoms with Crippen LogP contribution >= 0.6 is 11.8 Å². The number of thioether (sulfide) groups is 1. The van der Waals surface area contributed by atoms with Gasteiger partial charge in [-0.05, 0) is 87.4 Å². The Labute approximate surface area is 213 Å². The number of benzene rings is 1. The van der Waals surface area contributed by atoms with Crippen LogP contribution in [0.2, 0.25) is 0 Å². The minimum atomic E-state index is -1.37. The van der Waals surface area contributed by atoms with Crippen LogP contribution in [0.15, 0.2) is 40.3 Å². The van der Waals surface area contributed by atoms with E-state index >= 15 is 0 Å². The molecule has 1 unspecified atom stereocenters. The van der Waals surface area contributed by atoms with Gasteiger partial charge in [-0.25, -0.2) is 14.4 Å². The predicted octanol–water partition coefficient (Wildman–Crippen LogP) is 3.45. The standard InChI is InChI=1S/C25H33N5O3S2/c1-17-12-18(22-6-4-5-7-23(22)27-17)16-33-20-8-10-21(11-9-20)35(32)29-24-15-30(2)14-19(24)13-26-28-25(31)34-3/h8-13,19,24,29H,4-7,14-16H2,1-3H3,(H,28,31)/b26-13+/t19-,24+,35?/m0/s1. The fourth-order valence-electron chi connectivity index (χ4n) is 4.64. The molecule has 35 heavy (non-hydrogen) atoms. The monoisotopic (exact) mass is 515 g/mol. The number of fused-ring (bicyclic) bond motifs is 1. The first-order chi connectivity index (χ1) is 16.9. The van der Waals surface area contributed by atoms with Gasteiger partial charge in [0.05, 0.1) is 4.90 Å². The van der Waals surface area contributed by atoms with Crippen molar-refractivity contribution in [2.75, 3.05) is 26.4 Å². The molecular weight excluding hydrogens is 482 g/mol. The number of aryl methyl sites for hydroxylation is 2. The first kappa shape index (κ1) is 25.8.